The van der Waals surface area contributed by atoms with E-state index in [1.54, 1.807) is 13.8 Å². The van der Waals surface area contributed by atoms with E-state index in [0.29, 0.717) is 25.7 Å². The van der Waals surface area contributed by atoms with Crippen molar-refractivity contribution in [3.8, 4) is 0 Å². The summed E-state index contributed by atoms with van der Waals surface area (Å²) in [7, 11) is 0. The zero-order valence-electron chi connectivity index (χ0n) is 40.2. The number of unbranched alkanes of at least 4 members (excludes halogenated alkanes) is 2. The highest BCUT2D eigenvalue weighted by Gasteiger charge is 2.27. The van der Waals surface area contributed by atoms with Crippen molar-refractivity contribution >= 4 is 76.9 Å². The molecule has 0 aliphatic rings. The summed E-state index contributed by atoms with van der Waals surface area (Å²) in [5.41, 5.74) is 16.1. The topological polar surface area (TPSA) is 468 Å². The van der Waals surface area contributed by atoms with Crippen molar-refractivity contribution in [3.63, 3.8) is 0 Å². The van der Waals surface area contributed by atoms with Crippen molar-refractivity contribution in [1.82, 2.24) is 58.5 Å². The van der Waals surface area contributed by atoms with Crippen LogP contribution in [0.25, 0.3) is 0 Å². The lowest BCUT2D eigenvalue weighted by molar-refractivity contribution is -0.142. The fourth-order valence-electron chi connectivity index (χ4n) is 5.95. The first-order chi connectivity index (χ1) is 32.9. The average molecular weight is 1000 g/mol. The van der Waals surface area contributed by atoms with Crippen LogP contribution in [-0.4, -0.2) is 176 Å². The van der Waals surface area contributed by atoms with Crippen LogP contribution in [0.1, 0.15) is 85.5 Å². The number of nitrogens with zero attached hydrogens (tertiary/aromatic N) is 1. The first-order valence-electron chi connectivity index (χ1n) is 22.6. The minimum absolute atomic E-state index is 0.0122. The molecule has 0 aromatic heterocycles. The van der Waals surface area contributed by atoms with E-state index in [0.717, 1.165) is 0 Å². The maximum Gasteiger partial charge on any atom is 0.326 e. The lowest BCUT2D eigenvalue weighted by Crippen LogP contribution is -2.54. The van der Waals surface area contributed by atoms with E-state index in [9.17, 15) is 62.6 Å². The molecule has 0 saturated carbocycles. The van der Waals surface area contributed by atoms with E-state index in [2.05, 4.69) is 63.5 Å². The van der Waals surface area contributed by atoms with E-state index >= 15 is 0 Å². The van der Waals surface area contributed by atoms with Crippen LogP contribution < -0.4 is 75.7 Å². The highest BCUT2D eigenvalue weighted by molar-refractivity contribution is 5.96. The van der Waals surface area contributed by atoms with E-state index in [1.165, 1.54) is 13.8 Å². The van der Waals surface area contributed by atoms with E-state index in [-0.39, 0.29) is 75.4 Å². The summed E-state index contributed by atoms with van der Waals surface area (Å²) in [6.45, 7) is 2.92. The van der Waals surface area contributed by atoms with Crippen LogP contribution in [0.3, 0.4) is 0 Å². The minimum Gasteiger partial charge on any atom is -0.480 e. The highest BCUT2D eigenvalue weighted by atomic mass is 16.4. The van der Waals surface area contributed by atoms with Crippen LogP contribution in [0.5, 0.6) is 0 Å². The third-order valence-corrected chi connectivity index (χ3v) is 9.50. The molecule has 0 heterocycles. The lowest BCUT2D eigenvalue weighted by atomic mass is 10.0. The van der Waals surface area contributed by atoms with Gasteiger partial charge in [-0.3, -0.25) is 57.7 Å². The summed E-state index contributed by atoms with van der Waals surface area (Å²) in [4.78, 5) is 153. The van der Waals surface area contributed by atoms with Gasteiger partial charge in [0.15, 0.2) is 5.96 Å². The number of carboxylic acids is 1. The molecular weight excluding hydrogens is 927 g/mol. The summed E-state index contributed by atoms with van der Waals surface area (Å²) in [6, 6.07) is -6.20. The Labute approximate surface area is 405 Å². The fraction of sp³-hybridized carbons (Fsp3) is 0.683. The lowest BCUT2D eigenvalue weighted by Gasteiger charge is -2.21. The number of nitrogens with one attached hydrogen (secondary N) is 11. The summed E-state index contributed by atoms with van der Waals surface area (Å²) >= 11 is 0. The molecule has 0 aromatic carbocycles. The first-order valence-corrected chi connectivity index (χ1v) is 22.6. The fourth-order valence-corrected chi connectivity index (χ4v) is 5.95. The molecule has 396 valence electrons. The molecule has 0 bridgehead atoms. The second kappa shape index (κ2) is 35.9. The van der Waals surface area contributed by atoms with Gasteiger partial charge in [-0.05, 0) is 63.7 Å². The van der Waals surface area contributed by atoms with Gasteiger partial charge in [0.2, 0.25) is 65.0 Å². The van der Waals surface area contributed by atoms with Crippen molar-refractivity contribution in [1.29, 1.82) is 0 Å². The van der Waals surface area contributed by atoms with Gasteiger partial charge in [-0.2, -0.15) is 0 Å². The number of carboxylic acid groups (broad SMARTS) is 1. The SMILES string of the molecule is CC(=O)NCCCC[C@H](NC(=O)CNC(=O)CNC(=O)[C@H](CCCCNC(C)=O)NC(=O)CNC(=O)[C@H](CCCN=C(N)N)NC(=O)CNC(=O)[C@@H](N)CO)C(=O)NCC(=O)N[C@@H](CC(C)C)C(=O)O. The van der Waals surface area contributed by atoms with Crippen molar-refractivity contribution in [3.05, 3.63) is 0 Å². The van der Waals surface area contributed by atoms with Crippen LogP contribution in [-0.2, 0) is 57.5 Å². The maximum atomic E-state index is 13.3. The molecule has 0 aromatic rings. The number of aliphatic hydroxyl groups is 1. The Bertz CT molecular complexity index is 1810. The third kappa shape index (κ3) is 31.7. The zero-order chi connectivity index (χ0) is 53.2. The van der Waals surface area contributed by atoms with Crippen molar-refractivity contribution < 1.29 is 67.7 Å². The Hall–Kier alpha value is -7.17. The summed E-state index contributed by atoms with van der Waals surface area (Å²) in [6.07, 6.45) is 1.84. The molecule has 70 heavy (non-hydrogen) atoms. The van der Waals surface area contributed by atoms with Gasteiger partial charge in [0.25, 0.3) is 0 Å². The van der Waals surface area contributed by atoms with E-state index in [4.69, 9.17) is 22.3 Å². The van der Waals surface area contributed by atoms with Gasteiger partial charge in [0, 0.05) is 33.5 Å². The number of rotatable bonds is 36. The number of guanidine groups is 1. The molecule has 11 amide bonds. The van der Waals surface area contributed by atoms with Gasteiger partial charge in [0.05, 0.1) is 39.3 Å². The molecule has 29 nitrogen and oxygen atoms in total. The molecular formula is C41H73N15O14. The molecule has 29 heteroatoms. The van der Waals surface area contributed by atoms with Crippen LogP contribution >= 0.6 is 0 Å². The predicted octanol–water partition coefficient (Wildman–Crippen LogP) is -7.38. The van der Waals surface area contributed by atoms with Crippen molar-refractivity contribution in [2.24, 2.45) is 28.1 Å². The van der Waals surface area contributed by atoms with Gasteiger partial charge >= 0.3 is 5.97 Å². The molecule has 0 saturated heterocycles. The largest absolute Gasteiger partial charge is 0.480 e. The van der Waals surface area contributed by atoms with Crippen LogP contribution in [0, 0.1) is 5.92 Å². The number of nitrogens with two attached hydrogens (primary N) is 3. The molecule has 19 N–H and O–H groups in total. The van der Waals surface area contributed by atoms with Crippen molar-refractivity contribution in [2.45, 2.75) is 116 Å². The van der Waals surface area contributed by atoms with Gasteiger partial charge < -0.3 is 85.9 Å². The maximum absolute atomic E-state index is 13.3. The Morgan fingerprint density at radius 3 is 1.20 bits per heavy atom. The van der Waals surface area contributed by atoms with E-state index < -0.39 is 129 Å². The molecule has 5 atom stereocenters. The Morgan fingerprint density at radius 2 is 0.843 bits per heavy atom. The molecule has 0 radical (unpaired) electrons. The molecule has 0 aliphatic carbocycles. The van der Waals surface area contributed by atoms with Crippen LogP contribution in [0.15, 0.2) is 4.99 Å². The quantitative estimate of drug-likeness (QED) is 0.0157. The number of hydrogen-bond donors (Lipinski definition) is 16. The number of hydrogen-bond acceptors (Lipinski definition) is 15. The number of carbonyl (C=O) groups is 12. The zero-order valence-corrected chi connectivity index (χ0v) is 40.2. The third-order valence-electron chi connectivity index (χ3n) is 9.50. The molecule has 0 spiro atoms. The highest BCUT2D eigenvalue weighted by Crippen LogP contribution is 2.06. The second-order valence-electron chi connectivity index (χ2n) is 16.3. The summed E-state index contributed by atoms with van der Waals surface area (Å²) in [5, 5.41) is 44.9. The molecule has 0 unspecified atom stereocenters. The number of aliphatic hydroxyl groups excluding tert-OH is 1. The van der Waals surface area contributed by atoms with Crippen LogP contribution in [0.2, 0.25) is 0 Å². The second-order valence-corrected chi connectivity index (χ2v) is 16.3. The minimum atomic E-state index is -1.29. The number of aliphatic imine (C=N–C) groups is 1. The Balaban J connectivity index is 5.64. The predicted molar refractivity (Wildman–Crippen MR) is 250 cm³/mol. The smallest absolute Gasteiger partial charge is 0.326 e. The Kier molecular flexibility index (Phi) is 32.2. The summed E-state index contributed by atoms with van der Waals surface area (Å²) in [5.74, 6) is -9.44. The van der Waals surface area contributed by atoms with Gasteiger partial charge in [-0.25, -0.2) is 4.79 Å². The van der Waals surface area contributed by atoms with Gasteiger partial charge in [-0.1, -0.05) is 13.8 Å². The van der Waals surface area contributed by atoms with Gasteiger partial charge in [-0.15, -0.1) is 0 Å². The standard InChI is InChI=1S/C41H73N15O14/c1-23(2)16-30(40(69)70)56-35(64)21-52-38(67)28(11-6-8-14-46-25(4)59)53-32(61)18-48-31(60)17-50-37(66)27(10-5-7-13-45-24(3)58)54-34(63)20-51-39(68)29(12-9-15-47-41(43)44)55-33(62)19-49-36(65)26(42)22-57/h23,26-30,57H,5-22,42H2,1-4H3,(H,45,58)(H,46,59)(H,48,60)(H,49,65)(H,50,66)(H,51,68)(H,52,67)(H,53,61)(H,54,63)(H,55,62)(H,56,64)(H,69,70)(H4,43,44,47)/t26-,27-,28-,29-,30-/m0/s1. The Morgan fingerprint density at radius 1 is 0.486 bits per heavy atom. The summed E-state index contributed by atoms with van der Waals surface area (Å²) < 4.78 is 0. The van der Waals surface area contributed by atoms with E-state index in [1.807, 2.05) is 0 Å². The number of amides is 11. The van der Waals surface area contributed by atoms with Gasteiger partial charge in [0.1, 0.15) is 30.2 Å². The number of aliphatic carboxylic acids is 1. The number of carbonyl (C=O) groups excluding carboxylic acids is 11. The van der Waals surface area contributed by atoms with Crippen molar-refractivity contribution in [2.75, 3.05) is 59.0 Å². The molecule has 0 aliphatic heterocycles. The monoisotopic (exact) mass is 1000 g/mol. The van der Waals surface area contributed by atoms with Crippen LogP contribution in [0.4, 0.5) is 0 Å². The normalized spacial score (nSPS) is 12.7. The molecule has 0 fully saturated rings. The first kappa shape index (κ1) is 62.8. The average Bonchev–Trinajstić information content (AvgIpc) is 3.28. The molecule has 0 rings (SSSR count).